The molecule has 0 radical (unpaired) electrons. The first kappa shape index (κ1) is 45.8. The highest BCUT2D eigenvalue weighted by Gasteiger charge is 2.36. The van der Waals surface area contributed by atoms with Gasteiger partial charge in [0.05, 0.1) is 44.3 Å². The predicted molar refractivity (Wildman–Crippen MR) is 229 cm³/mol. The van der Waals surface area contributed by atoms with Crippen LogP contribution in [0.15, 0.2) is 73.3 Å². The highest BCUT2D eigenvalue weighted by molar-refractivity contribution is 6.31. The molecule has 3 unspecified atom stereocenters. The van der Waals surface area contributed by atoms with Crippen LogP contribution in [0.1, 0.15) is 84.9 Å². The summed E-state index contributed by atoms with van der Waals surface area (Å²) in [5.74, 6) is 1.57. The third kappa shape index (κ3) is 13.4. The number of nitrogens with two attached hydrogens (primary N) is 2. The molecule has 1 aliphatic heterocycles. The first-order valence-corrected chi connectivity index (χ1v) is 20.6. The van der Waals surface area contributed by atoms with Gasteiger partial charge in [-0.3, -0.25) is 14.4 Å². The molecule has 0 spiro atoms. The van der Waals surface area contributed by atoms with Gasteiger partial charge >= 0.3 is 0 Å². The quantitative estimate of drug-likeness (QED) is 0.0547. The van der Waals surface area contributed by atoms with E-state index in [9.17, 15) is 14.4 Å². The van der Waals surface area contributed by atoms with Crippen molar-refractivity contribution in [2.75, 3.05) is 50.9 Å². The molecule has 18 nitrogen and oxygen atoms in total. The maximum absolute atomic E-state index is 13.4. The van der Waals surface area contributed by atoms with Crippen LogP contribution in [0.4, 0.5) is 11.6 Å². The molecule has 1 aliphatic rings. The number of nitrogen functional groups attached to an aromatic ring is 2. The molecule has 19 heteroatoms. The molecule has 0 aliphatic carbocycles. The van der Waals surface area contributed by atoms with E-state index in [1.807, 2.05) is 50.2 Å². The molecule has 10 N–H and O–H groups in total. The van der Waals surface area contributed by atoms with E-state index >= 15 is 0 Å². The lowest BCUT2D eigenvalue weighted by Gasteiger charge is -2.45. The fourth-order valence-corrected chi connectivity index (χ4v) is 7.80. The highest BCUT2D eigenvalue weighted by Crippen LogP contribution is 2.25. The van der Waals surface area contributed by atoms with Gasteiger partial charge in [-0.15, -0.1) is 0 Å². The average Bonchev–Trinajstić information content (AvgIpc) is 3.98. The van der Waals surface area contributed by atoms with Crippen LogP contribution in [0.3, 0.4) is 0 Å². The molecule has 326 valence electrons. The summed E-state index contributed by atoms with van der Waals surface area (Å²) in [6, 6.07) is 15.0. The molecule has 1 fully saturated rings. The van der Waals surface area contributed by atoms with Gasteiger partial charge in [0.15, 0.2) is 35.7 Å². The third-order valence-electron chi connectivity index (χ3n) is 10.6. The van der Waals surface area contributed by atoms with Gasteiger partial charge in [0.25, 0.3) is 17.7 Å². The van der Waals surface area contributed by atoms with E-state index in [0.717, 1.165) is 80.3 Å². The molecule has 1 saturated heterocycles. The molecule has 3 aromatic heterocycles. The number of likely N-dealkylation sites (tertiary alicyclic amines) is 1. The summed E-state index contributed by atoms with van der Waals surface area (Å²) in [5, 5.41) is 8.86. The van der Waals surface area contributed by atoms with Crippen LogP contribution in [-0.4, -0.2) is 103 Å². The number of amides is 3. The van der Waals surface area contributed by atoms with Crippen LogP contribution < -0.4 is 36.9 Å². The summed E-state index contributed by atoms with van der Waals surface area (Å²) in [6.45, 7) is 6.94. The van der Waals surface area contributed by atoms with Crippen molar-refractivity contribution in [3.8, 4) is 11.5 Å². The molecule has 3 amide bonds. The second-order valence-corrected chi connectivity index (χ2v) is 15.6. The number of carbonyl (C=O) groups is 3. The van der Waals surface area contributed by atoms with Gasteiger partial charge < -0.3 is 56.8 Å². The molecular formula is C42H55ClN12O6. The third-order valence-corrected chi connectivity index (χ3v) is 10.9. The number of carbonyl (C=O) groups excluding carboxylic acids is 3. The number of piperidine rings is 1. The average molecular weight is 859 g/mol. The van der Waals surface area contributed by atoms with Crippen molar-refractivity contribution in [2.45, 2.75) is 70.5 Å². The zero-order valence-electron chi connectivity index (χ0n) is 34.4. The van der Waals surface area contributed by atoms with Crippen LogP contribution in [-0.2, 0) is 22.4 Å². The Morgan fingerprint density at radius 1 is 0.836 bits per heavy atom. The van der Waals surface area contributed by atoms with Crippen molar-refractivity contribution in [1.29, 1.82) is 0 Å². The number of benzene rings is 2. The number of hydrogen-bond acceptors (Lipinski definition) is 12. The minimum Gasteiger partial charge on any atom is -0.870 e. The van der Waals surface area contributed by atoms with Gasteiger partial charge in [0.2, 0.25) is 0 Å². The molecule has 6 rings (SSSR count). The molecule has 5 aromatic rings. The van der Waals surface area contributed by atoms with E-state index < -0.39 is 5.91 Å². The number of H-pyrrole nitrogens is 2. The Bertz CT molecular complexity index is 2080. The maximum atomic E-state index is 13.4. The first-order valence-electron chi connectivity index (χ1n) is 20.2. The monoisotopic (exact) mass is 858 g/mol. The lowest BCUT2D eigenvalue weighted by atomic mass is 9.99. The van der Waals surface area contributed by atoms with E-state index in [4.69, 9.17) is 32.5 Å². The SMILES string of the molecule is CC(NC(=O)COc1cccc(CCC[N+]2(CCCc3cccc(OCC(=O)N[C@@H](C)c4ncc[nH]4)c3)CCCC(NC(=O)c3nc(Cl)c(N)nc3N)C2)c1)c1ncc[nH]1.[OH-]. The summed E-state index contributed by atoms with van der Waals surface area (Å²) in [7, 11) is 0. The van der Waals surface area contributed by atoms with Gasteiger partial charge in [0, 0.05) is 37.6 Å². The van der Waals surface area contributed by atoms with E-state index in [-0.39, 0.29) is 71.1 Å². The number of rotatable bonds is 20. The molecule has 0 saturated carbocycles. The molecular weight excluding hydrogens is 804 g/mol. The lowest BCUT2D eigenvalue weighted by molar-refractivity contribution is -0.933. The number of aryl methyl sites for hydroxylation is 2. The van der Waals surface area contributed by atoms with E-state index in [2.05, 4.69) is 58.0 Å². The molecule has 61 heavy (non-hydrogen) atoms. The number of quaternary nitrogens is 1. The second-order valence-electron chi connectivity index (χ2n) is 15.2. The molecule has 0 bridgehead atoms. The maximum Gasteiger partial charge on any atom is 0.274 e. The van der Waals surface area contributed by atoms with E-state index in [1.54, 1.807) is 24.8 Å². The van der Waals surface area contributed by atoms with Gasteiger partial charge in [-0.1, -0.05) is 35.9 Å². The Morgan fingerprint density at radius 2 is 1.38 bits per heavy atom. The fraction of sp³-hybridized carbons (Fsp3) is 0.405. The first-order chi connectivity index (χ1) is 28.9. The van der Waals surface area contributed by atoms with Crippen molar-refractivity contribution >= 4 is 41.0 Å². The van der Waals surface area contributed by atoms with Crippen LogP contribution in [0.5, 0.6) is 11.5 Å². The summed E-state index contributed by atoms with van der Waals surface area (Å²) < 4.78 is 12.5. The smallest absolute Gasteiger partial charge is 0.274 e. The minimum atomic E-state index is -0.436. The van der Waals surface area contributed by atoms with E-state index in [0.29, 0.717) is 23.1 Å². The number of imidazole rings is 2. The number of ether oxygens (including phenoxy) is 2. The Balaban J connectivity index is 0.00000704. The molecule has 2 aromatic carbocycles. The van der Waals surface area contributed by atoms with Gasteiger partial charge in [-0.25, -0.2) is 19.9 Å². The topological polar surface area (TPSA) is 271 Å². The largest absolute Gasteiger partial charge is 0.870 e. The summed E-state index contributed by atoms with van der Waals surface area (Å²) in [6.07, 6.45) is 11.8. The molecule has 4 atom stereocenters. The highest BCUT2D eigenvalue weighted by atomic mass is 35.5. The van der Waals surface area contributed by atoms with Crippen LogP contribution in [0.25, 0.3) is 0 Å². The number of nitrogens with one attached hydrogen (secondary N) is 5. The molecule has 4 heterocycles. The fourth-order valence-electron chi connectivity index (χ4n) is 7.67. The Hall–Kier alpha value is -6.24. The Morgan fingerprint density at radius 3 is 1.89 bits per heavy atom. The van der Waals surface area contributed by atoms with Crippen LogP contribution in [0.2, 0.25) is 5.15 Å². The predicted octanol–water partition coefficient (Wildman–Crippen LogP) is 4.05. The summed E-state index contributed by atoms with van der Waals surface area (Å²) in [5.41, 5.74) is 13.9. The van der Waals surface area contributed by atoms with Crippen molar-refractivity contribution in [2.24, 2.45) is 0 Å². The number of anilines is 2. The van der Waals surface area contributed by atoms with Crippen molar-refractivity contribution < 1.29 is 33.8 Å². The normalized spacial score (nSPS) is 17.0. The second kappa shape index (κ2) is 21.8. The van der Waals surface area contributed by atoms with E-state index in [1.165, 1.54) is 0 Å². The van der Waals surface area contributed by atoms with Crippen LogP contribution in [0, 0.1) is 0 Å². The van der Waals surface area contributed by atoms with Crippen LogP contribution >= 0.6 is 11.6 Å². The summed E-state index contributed by atoms with van der Waals surface area (Å²) in [4.78, 5) is 61.0. The lowest BCUT2D eigenvalue weighted by Crippen LogP contribution is -2.60. The van der Waals surface area contributed by atoms with Gasteiger partial charge in [0.1, 0.15) is 23.1 Å². The zero-order chi connectivity index (χ0) is 42.5. The number of hydrogen-bond donors (Lipinski definition) is 7. The minimum absolute atomic E-state index is 0. The summed E-state index contributed by atoms with van der Waals surface area (Å²) >= 11 is 6.09. The van der Waals surface area contributed by atoms with Crippen molar-refractivity contribution in [3.05, 3.63) is 107 Å². The number of aromatic amines is 2. The number of aromatic nitrogens is 6. The van der Waals surface area contributed by atoms with Gasteiger partial charge in [-0.05, 0) is 74.9 Å². The van der Waals surface area contributed by atoms with Crippen molar-refractivity contribution in [3.63, 3.8) is 0 Å². The van der Waals surface area contributed by atoms with Gasteiger partial charge in [-0.2, -0.15) is 0 Å². The zero-order valence-corrected chi connectivity index (χ0v) is 35.2. The Labute approximate surface area is 359 Å². The standard InChI is InChI=1S/C42H53ClN12O5.H2O/c1-27(40-46-15-16-47-40)50-34(56)25-59-32-13-3-8-29(22-32)10-5-19-55(21-7-12-31(24-55)52-42(58)36-38(44)54-39(45)37(43)53-36)20-6-11-30-9-4-14-33(23-30)60-26-35(57)51-28(2)41-48-17-18-49-41;/h3-4,8-9,13-18,22-23,27-28,31H,5-7,10-12,19-21,24-26H2,1-2H3,(H8-,44,45,46,47,48,49,50,51,52,54,56,57,58);1H2/t27-,28?,31?,55?;/m0./s1. The number of nitrogens with zero attached hydrogens (tertiary/aromatic N) is 5. The number of halogens is 1. The Kier molecular flexibility index (Phi) is 16.4. The van der Waals surface area contributed by atoms with Crippen molar-refractivity contribution in [1.82, 2.24) is 45.9 Å².